The molecule has 0 aromatic rings. The first-order chi connectivity index (χ1) is 3.46. The van der Waals surface area contributed by atoms with Gasteiger partial charge in [-0.1, -0.05) is 0 Å². The summed E-state index contributed by atoms with van der Waals surface area (Å²) in [5, 5.41) is 0. The van der Waals surface area contributed by atoms with Crippen molar-refractivity contribution in [2.75, 3.05) is 0 Å². The van der Waals surface area contributed by atoms with Gasteiger partial charge < -0.3 is 14.6 Å². The van der Waals surface area contributed by atoms with Crippen molar-refractivity contribution in [2.24, 2.45) is 0 Å². The molecule has 10 heteroatoms. The Bertz CT molecular complexity index is 69.6. The van der Waals surface area contributed by atoms with Gasteiger partial charge in [-0.25, -0.2) is 4.21 Å². The van der Waals surface area contributed by atoms with E-state index in [2.05, 4.69) is 0 Å². The second-order valence-corrected chi connectivity index (χ2v) is 1.34. The van der Waals surface area contributed by atoms with Crippen molar-refractivity contribution in [1.29, 1.82) is 0 Å². The van der Waals surface area contributed by atoms with E-state index in [9.17, 15) is 0 Å². The third-order valence-corrected chi connectivity index (χ3v) is 0. The molecule has 0 amide bonds. The molecular weight excluding hydrogens is 200 g/mol. The fourth-order valence-electron chi connectivity index (χ4n) is 0. The van der Waals surface area contributed by atoms with Crippen LogP contribution in [0.2, 0.25) is 0 Å². The molecule has 0 aliphatic rings. The number of hydrogen-bond donors (Lipinski definition) is 3. The second-order valence-electron chi connectivity index (χ2n) is 0.448. The minimum absolute atomic E-state index is 0. The SMILES string of the molecule is O=S(O)O.O=S([O-])O.[Mg+2].[OH-]. The van der Waals surface area contributed by atoms with E-state index in [1.54, 1.807) is 0 Å². The molecule has 60 valence electrons. The first-order valence-corrected chi connectivity index (χ1v) is 3.14. The van der Waals surface area contributed by atoms with Crippen molar-refractivity contribution in [3.8, 4) is 0 Å². The molecule has 0 rings (SSSR count). The van der Waals surface area contributed by atoms with Crippen molar-refractivity contribution >= 4 is 45.8 Å². The van der Waals surface area contributed by atoms with Gasteiger partial charge in [0.1, 0.15) is 0 Å². The third-order valence-electron chi connectivity index (χ3n) is 0. The summed E-state index contributed by atoms with van der Waals surface area (Å²) in [5.41, 5.74) is 0. The summed E-state index contributed by atoms with van der Waals surface area (Å²) >= 11 is -5.47. The van der Waals surface area contributed by atoms with E-state index in [4.69, 9.17) is 26.6 Å². The molecule has 7 nitrogen and oxygen atoms in total. The Morgan fingerprint density at radius 3 is 1.10 bits per heavy atom. The predicted octanol–water partition coefficient (Wildman–Crippen LogP) is -1.54. The van der Waals surface area contributed by atoms with E-state index >= 15 is 0 Å². The van der Waals surface area contributed by atoms with E-state index in [0.29, 0.717) is 0 Å². The van der Waals surface area contributed by atoms with Gasteiger partial charge in [-0.15, -0.1) is 0 Å². The van der Waals surface area contributed by atoms with Gasteiger partial charge in [0.05, 0.1) is 11.4 Å². The van der Waals surface area contributed by atoms with E-state index in [0.717, 1.165) is 0 Å². The molecule has 0 aliphatic carbocycles. The van der Waals surface area contributed by atoms with E-state index in [1.807, 2.05) is 0 Å². The van der Waals surface area contributed by atoms with Gasteiger partial charge in [0.25, 0.3) is 11.4 Å². The smallest absolute Gasteiger partial charge is 0.870 e. The average Bonchev–Trinajstić information content (AvgIpc) is 1.25. The zero-order valence-corrected chi connectivity index (χ0v) is 7.58. The second kappa shape index (κ2) is 16.5. The monoisotopic (exact) mass is 204 g/mol. The molecule has 10 heavy (non-hydrogen) atoms. The maximum absolute atomic E-state index is 8.67. The molecule has 0 heterocycles. The zero-order chi connectivity index (χ0) is 7.15. The van der Waals surface area contributed by atoms with Crippen LogP contribution in [0.15, 0.2) is 0 Å². The molecule has 0 fully saturated rings. The number of rotatable bonds is 0. The Balaban J connectivity index is -0.0000000300. The molecule has 1 atom stereocenters. The van der Waals surface area contributed by atoms with Crippen LogP contribution in [0.3, 0.4) is 0 Å². The van der Waals surface area contributed by atoms with Crippen LogP contribution in [0.4, 0.5) is 0 Å². The first-order valence-electron chi connectivity index (χ1n) is 1.05. The Hall–Kier alpha value is 0.866. The summed E-state index contributed by atoms with van der Waals surface area (Å²) in [4.78, 5) is 0. The van der Waals surface area contributed by atoms with Crippen LogP contribution in [0.5, 0.6) is 0 Å². The normalized spacial score (nSPS) is 9.70. The minimum atomic E-state index is -2.86. The van der Waals surface area contributed by atoms with Crippen molar-refractivity contribution in [3.63, 3.8) is 0 Å². The van der Waals surface area contributed by atoms with Crippen molar-refractivity contribution in [3.05, 3.63) is 0 Å². The topological polar surface area (TPSA) is 148 Å². The molecule has 4 N–H and O–H groups in total. The van der Waals surface area contributed by atoms with Gasteiger partial charge >= 0.3 is 23.1 Å². The fraction of sp³-hybridized carbons (Fsp3) is 0. The van der Waals surface area contributed by atoms with Crippen LogP contribution >= 0.6 is 0 Å². The van der Waals surface area contributed by atoms with E-state index in [1.165, 1.54) is 0 Å². The van der Waals surface area contributed by atoms with Gasteiger partial charge in [0.15, 0.2) is 0 Å². The van der Waals surface area contributed by atoms with Crippen LogP contribution in [0, 0.1) is 0 Å². The van der Waals surface area contributed by atoms with Crippen molar-refractivity contribution in [2.45, 2.75) is 0 Å². The standard InChI is InChI=1S/Mg.2H2O3S.H2O/c;2*1-4(2)3;/h;2*(H2,1,2,3);1H2/q+2;;;/p-2. The van der Waals surface area contributed by atoms with E-state index in [-0.39, 0.29) is 28.5 Å². The summed E-state index contributed by atoms with van der Waals surface area (Å²) in [6, 6.07) is 0. The Morgan fingerprint density at radius 1 is 1.10 bits per heavy atom. The quantitative estimate of drug-likeness (QED) is 0.320. The van der Waals surface area contributed by atoms with Crippen molar-refractivity contribution < 1.29 is 32.1 Å². The van der Waals surface area contributed by atoms with Crippen LogP contribution in [0.1, 0.15) is 0 Å². The fourth-order valence-corrected chi connectivity index (χ4v) is 0. The maximum Gasteiger partial charge on any atom is 2.00 e. The van der Waals surface area contributed by atoms with Crippen LogP contribution < -0.4 is 0 Å². The molecule has 1 unspecified atom stereocenters. The Labute approximate surface area is 77.9 Å². The maximum atomic E-state index is 8.67. The molecule has 0 radical (unpaired) electrons. The summed E-state index contributed by atoms with van der Waals surface area (Å²) in [5.74, 6) is 0. The number of hydrogen-bond acceptors (Lipinski definition) is 4. The van der Waals surface area contributed by atoms with Gasteiger partial charge in [-0.3, -0.25) is 9.11 Å². The Morgan fingerprint density at radius 2 is 1.10 bits per heavy atom. The summed E-state index contributed by atoms with van der Waals surface area (Å²) in [6.45, 7) is 0. The van der Waals surface area contributed by atoms with Gasteiger partial charge in [-0.2, -0.15) is 4.21 Å². The molecule has 0 aliphatic heterocycles. The van der Waals surface area contributed by atoms with Gasteiger partial charge in [0.2, 0.25) is 0 Å². The van der Waals surface area contributed by atoms with Crippen LogP contribution in [-0.4, -0.2) is 55.2 Å². The molecule has 0 aromatic heterocycles. The van der Waals surface area contributed by atoms with Gasteiger partial charge in [-0.05, 0) is 0 Å². The molecule has 0 saturated heterocycles. The molecular formula is H4MgO7S2. The largest absolute Gasteiger partial charge is 2.00 e. The summed E-state index contributed by atoms with van der Waals surface area (Å²) in [7, 11) is 0. The van der Waals surface area contributed by atoms with Crippen molar-refractivity contribution in [1.82, 2.24) is 0 Å². The minimum Gasteiger partial charge on any atom is -0.870 e. The van der Waals surface area contributed by atoms with E-state index < -0.39 is 22.7 Å². The molecule has 0 saturated carbocycles. The summed E-state index contributed by atoms with van der Waals surface area (Å²) < 4.78 is 46.9. The Kier molecular flexibility index (Phi) is 36.9. The molecule has 0 spiro atoms. The molecule has 0 aromatic carbocycles. The predicted molar refractivity (Wildman–Crippen MR) is 32.6 cm³/mol. The zero-order valence-electron chi connectivity index (χ0n) is 4.54. The van der Waals surface area contributed by atoms with Gasteiger partial charge in [0, 0.05) is 0 Å². The van der Waals surface area contributed by atoms with Crippen LogP contribution in [0.25, 0.3) is 0 Å². The average molecular weight is 204 g/mol. The third kappa shape index (κ3) is 731. The molecule has 0 bridgehead atoms. The first kappa shape index (κ1) is 22.4. The summed E-state index contributed by atoms with van der Waals surface area (Å²) in [6.07, 6.45) is 0. The van der Waals surface area contributed by atoms with Crippen LogP contribution in [-0.2, 0) is 22.7 Å².